The lowest BCUT2D eigenvalue weighted by atomic mass is 9.84. The van der Waals surface area contributed by atoms with Crippen molar-refractivity contribution in [3.8, 4) is 5.75 Å². The summed E-state index contributed by atoms with van der Waals surface area (Å²) in [5.74, 6) is 3.06. The summed E-state index contributed by atoms with van der Waals surface area (Å²) in [5.41, 5.74) is 1.96. The van der Waals surface area contributed by atoms with Crippen molar-refractivity contribution in [2.24, 2.45) is 5.92 Å². The molecule has 2 amide bonds. The van der Waals surface area contributed by atoms with Crippen LogP contribution in [-0.4, -0.2) is 40.2 Å². The van der Waals surface area contributed by atoms with Gasteiger partial charge < -0.3 is 19.5 Å². The zero-order chi connectivity index (χ0) is 19.5. The van der Waals surface area contributed by atoms with Gasteiger partial charge in [-0.3, -0.25) is 0 Å². The molecule has 1 atom stereocenters. The van der Waals surface area contributed by atoms with Crippen LogP contribution in [0.5, 0.6) is 5.75 Å². The van der Waals surface area contributed by atoms with E-state index in [0.29, 0.717) is 24.2 Å². The number of aromatic nitrogens is 2. The number of anilines is 1. The second kappa shape index (κ2) is 8.25. The summed E-state index contributed by atoms with van der Waals surface area (Å²) in [6.45, 7) is 7.19. The number of aryl methyl sites for hydroxylation is 1. The van der Waals surface area contributed by atoms with Crippen molar-refractivity contribution >= 4 is 11.7 Å². The molecule has 2 fully saturated rings. The fraction of sp³-hybridized carbons (Fsp3) is 0.545. The molecule has 6 heteroatoms. The van der Waals surface area contributed by atoms with Gasteiger partial charge in [0, 0.05) is 37.4 Å². The SMILES string of the molecule is CCOc1ccccc1NC(=O)N1CCC(Cn2c(C)cnc2C2CCC2)C1. The molecule has 1 saturated carbocycles. The van der Waals surface area contributed by atoms with Crippen LogP contribution in [0.2, 0.25) is 0 Å². The Kier molecular flexibility index (Phi) is 5.55. The van der Waals surface area contributed by atoms with E-state index >= 15 is 0 Å². The van der Waals surface area contributed by atoms with Gasteiger partial charge in [-0.15, -0.1) is 0 Å². The third kappa shape index (κ3) is 3.86. The Morgan fingerprint density at radius 2 is 2.11 bits per heavy atom. The van der Waals surface area contributed by atoms with Gasteiger partial charge in [0.05, 0.1) is 12.3 Å². The van der Waals surface area contributed by atoms with Gasteiger partial charge in [-0.2, -0.15) is 0 Å². The molecular formula is C22H30N4O2. The first kappa shape index (κ1) is 18.8. The summed E-state index contributed by atoms with van der Waals surface area (Å²) in [6, 6.07) is 7.55. The fourth-order valence-electron chi connectivity index (χ4n) is 4.18. The van der Waals surface area contributed by atoms with Crippen molar-refractivity contribution < 1.29 is 9.53 Å². The molecule has 0 radical (unpaired) electrons. The number of hydrogen-bond donors (Lipinski definition) is 1. The van der Waals surface area contributed by atoms with Crippen LogP contribution in [-0.2, 0) is 6.54 Å². The highest BCUT2D eigenvalue weighted by Crippen LogP contribution is 2.36. The summed E-state index contributed by atoms with van der Waals surface area (Å²) in [5, 5.41) is 3.02. The zero-order valence-electron chi connectivity index (χ0n) is 16.9. The predicted octanol–water partition coefficient (Wildman–Crippen LogP) is 4.41. The van der Waals surface area contributed by atoms with Crippen LogP contribution in [0.25, 0.3) is 0 Å². The van der Waals surface area contributed by atoms with Crippen LogP contribution in [0.4, 0.5) is 10.5 Å². The molecule has 1 aliphatic heterocycles. The molecule has 1 saturated heterocycles. The highest BCUT2D eigenvalue weighted by atomic mass is 16.5. The van der Waals surface area contributed by atoms with Crippen molar-refractivity contribution in [2.45, 2.75) is 52.0 Å². The third-order valence-electron chi connectivity index (χ3n) is 6.00. The molecule has 0 spiro atoms. The third-order valence-corrected chi connectivity index (χ3v) is 6.00. The second-order valence-corrected chi connectivity index (χ2v) is 7.96. The Balaban J connectivity index is 1.37. The van der Waals surface area contributed by atoms with E-state index in [1.165, 1.54) is 30.8 Å². The van der Waals surface area contributed by atoms with Crippen molar-refractivity contribution in [3.05, 3.63) is 42.0 Å². The normalized spacial score (nSPS) is 19.5. The maximum absolute atomic E-state index is 12.8. The van der Waals surface area contributed by atoms with Crippen molar-refractivity contribution in [2.75, 3.05) is 25.0 Å². The number of rotatable bonds is 6. The van der Waals surface area contributed by atoms with Crippen molar-refractivity contribution in [1.82, 2.24) is 14.5 Å². The van der Waals surface area contributed by atoms with Crippen molar-refractivity contribution in [3.63, 3.8) is 0 Å². The Morgan fingerprint density at radius 1 is 1.29 bits per heavy atom. The number of benzene rings is 1. The average Bonchev–Trinajstić information content (AvgIpc) is 3.25. The number of hydrogen-bond acceptors (Lipinski definition) is 3. The number of imidazole rings is 1. The van der Waals surface area contributed by atoms with Crippen LogP contribution in [0.3, 0.4) is 0 Å². The molecule has 1 aromatic carbocycles. The number of carbonyl (C=O) groups excluding carboxylic acids is 1. The van der Waals surface area contributed by atoms with E-state index in [1.807, 2.05) is 42.3 Å². The van der Waals surface area contributed by atoms with Gasteiger partial charge in [0.15, 0.2) is 0 Å². The fourth-order valence-corrected chi connectivity index (χ4v) is 4.18. The van der Waals surface area contributed by atoms with E-state index in [2.05, 4.69) is 21.8 Å². The molecule has 4 rings (SSSR count). The van der Waals surface area contributed by atoms with Crippen LogP contribution < -0.4 is 10.1 Å². The molecule has 2 aromatic rings. The summed E-state index contributed by atoms with van der Waals surface area (Å²) in [6.07, 6.45) is 6.86. The summed E-state index contributed by atoms with van der Waals surface area (Å²) in [7, 11) is 0. The van der Waals surface area contributed by atoms with Crippen LogP contribution in [0.1, 0.15) is 50.0 Å². The van der Waals surface area contributed by atoms with Gasteiger partial charge in [-0.1, -0.05) is 18.6 Å². The summed E-state index contributed by atoms with van der Waals surface area (Å²) < 4.78 is 8.00. The molecule has 1 unspecified atom stereocenters. The predicted molar refractivity (Wildman–Crippen MR) is 110 cm³/mol. The van der Waals surface area contributed by atoms with Gasteiger partial charge in [0.25, 0.3) is 0 Å². The van der Waals surface area contributed by atoms with E-state index in [9.17, 15) is 4.79 Å². The van der Waals surface area contributed by atoms with Gasteiger partial charge >= 0.3 is 6.03 Å². The number of likely N-dealkylation sites (tertiary alicyclic amines) is 1. The minimum Gasteiger partial charge on any atom is -0.492 e. The Labute approximate surface area is 166 Å². The first-order valence-corrected chi connectivity index (χ1v) is 10.5. The molecular weight excluding hydrogens is 352 g/mol. The minimum atomic E-state index is -0.0452. The topological polar surface area (TPSA) is 59.4 Å². The Morgan fingerprint density at radius 3 is 2.86 bits per heavy atom. The molecule has 0 bridgehead atoms. The van der Waals surface area contributed by atoms with Crippen molar-refractivity contribution in [1.29, 1.82) is 0 Å². The Bertz CT molecular complexity index is 828. The van der Waals surface area contributed by atoms with Crippen LogP contribution >= 0.6 is 0 Å². The van der Waals surface area contributed by atoms with E-state index in [0.717, 1.165) is 31.7 Å². The largest absolute Gasteiger partial charge is 0.492 e. The highest BCUT2D eigenvalue weighted by molar-refractivity contribution is 5.91. The monoisotopic (exact) mass is 382 g/mol. The number of nitrogens with one attached hydrogen (secondary N) is 1. The number of amides is 2. The first-order valence-electron chi connectivity index (χ1n) is 10.5. The molecule has 6 nitrogen and oxygen atoms in total. The van der Waals surface area contributed by atoms with Gasteiger partial charge in [0.1, 0.15) is 11.6 Å². The zero-order valence-corrected chi connectivity index (χ0v) is 16.9. The molecule has 150 valence electrons. The molecule has 1 aliphatic carbocycles. The van der Waals surface area contributed by atoms with E-state index in [-0.39, 0.29) is 6.03 Å². The van der Waals surface area contributed by atoms with E-state index in [1.54, 1.807) is 0 Å². The molecule has 1 N–H and O–H groups in total. The smallest absolute Gasteiger partial charge is 0.321 e. The lowest BCUT2D eigenvalue weighted by molar-refractivity contribution is 0.220. The van der Waals surface area contributed by atoms with Gasteiger partial charge in [-0.25, -0.2) is 9.78 Å². The maximum Gasteiger partial charge on any atom is 0.321 e. The van der Waals surface area contributed by atoms with Crippen LogP contribution in [0.15, 0.2) is 30.5 Å². The minimum absolute atomic E-state index is 0.0452. The number of urea groups is 1. The van der Waals surface area contributed by atoms with E-state index in [4.69, 9.17) is 4.74 Å². The molecule has 2 heterocycles. The highest BCUT2D eigenvalue weighted by Gasteiger charge is 2.30. The van der Waals surface area contributed by atoms with Gasteiger partial charge in [-0.05, 0) is 51.2 Å². The van der Waals surface area contributed by atoms with Crippen LogP contribution in [0, 0.1) is 12.8 Å². The number of nitrogens with zero attached hydrogens (tertiary/aromatic N) is 3. The molecule has 1 aromatic heterocycles. The average molecular weight is 383 g/mol. The van der Waals surface area contributed by atoms with E-state index < -0.39 is 0 Å². The lowest BCUT2D eigenvalue weighted by Gasteiger charge is -2.27. The second-order valence-electron chi connectivity index (χ2n) is 7.96. The number of ether oxygens (including phenoxy) is 1. The number of para-hydroxylation sites is 2. The Hall–Kier alpha value is -2.50. The summed E-state index contributed by atoms with van der Waals surface area (Å²) in [4.78, 5) is 19.3. The number of carbonyl (C=O) groups is 1. The summed E-state index contributed by atoms with van der Waals surface area (Å²) >= 11 is 0. The first-order chi connectivity index (χ1) is 13.7. The maximum atomic E-state index is 12.8. The lowest BCUT2D eigenvalue weighted by Crippen LogP contribution is -2.33. The molecule has 2 aliphatic rings. The van der Waals surface area contributed by atoms with Gasteiger partial charge in [0.2, 0.25) is 0 Å². The quantitative estimate of drug-likeness (QED) is 0.805. The molecule has 28 heavy (non-hydrogen) atoms. The standard InChI is InChI=1S/C22H30N4O2/c1-3-28-20-10-5-4-9-19(20)24-22(27)25-12-11-17(14-25)15-26-16(2)13-23-21(26)18-7-6-8-18/h4-5,9-10,13,17-18H,3,6-8,11-12,14-15H2,1-2H3,(H,24,27).